The number of anilines is 1. The summed E-state index contributed by atoms with van der Waals surface area (Å²) < 4.78 is 3.59. The Morgan fingerprint density at radius 2 is 1.94 bits per heavy atom. The molecule has 1 aliphatic carbocycles. The van der Waals surface area contributed by atoms with E-state index in [1.807, 2.05) is 32.0 Å². The zero-order valence-corrected chi connectivity index (χ0v) is 21.4. The predicted octanol–water partition coefficient (Wildman–Crippen LogP) is 3.35. The molecule has 0 unspecified atom stereocenters. The van der Waals surface area contributed by atoms with Gasteiger partial charge in [0.2, 0.25) is 5.91 Å². The van der Waals surface area contributed by atoms with Gasteiger partial charge >= 0.3 is 0 Å². The third-order valence-corrected chi connectivity index (χ3v) is 7.71. The Hall–Kier alpha value is -3.31. The summed E-state index contributed by atoms with van der Waals surface area (Å²) in [5.74, 6) is -0.530. The summed E-state index contributed by atoms with van der Waals surface area (Å²) in [6, 6.07) is 7.34. The van der Waals surface area contributed by atoms with Gasteiger partial charge in [-0.1, -0.05) is 18.2 Å². The van der Waals surface area contributed by atoms with Crippen molar-refractivity contribution in [3.8, 4) is 0 Å². The third kappa shape index (κ3) is 5.20. The van der Waals surface area contributed by atoms with E-state index in [1.165, 1.54) is 16.0 Å². The number of primary amides is 1. The van der Waals surface area contributed by atoms with E-state index in [0.717, 1.165) is 41.7 Å². The van der Waals surface area contributed by atoms with Gasteiger partial charge in [0.25, 0.3) is 11.8 Å². The Bertz CT molecular complexity index is 1350. The van der Waals surface area contributed by atoms with E-state index in [9.17, 15) is 14.4 Å². The normalized spacial score (nSPS) is 12.7. The van der Waals surface area contributed by atoms with Gasteiger partial charge in [0.1, 0.15) is 11.5 Å². The average molecular weight is 513 g/mol. The summed E-state index contributed by atoms with van der Waals surface area (Å²) in [5, 5.41) is 10.7. The highest BCUT2D eigenvalue weighted by molar-refractivity contribution is 7.71. The first-order chi connectivity index (χ1) is 16.8. The fraction of sp³-hybridized carbons (Fsp3) is 0.375. The van der Waals surface area contributed by atoms with Crippen LogP contribution in [-0.2, 0) is 37.3 Å². The topological polar surface area (TPSA) is 124 Å². The Balaban J connectivity index is 1.48. The molecule has 0 bridgehead atoms. The molecule has 35 heavy (non-hydrogen) atoms. The van der Waals surface area contributed by atoms with Crippen molar-refractivity contribution in [2.24, 2.45) is 5.73 Å². The summed E-state index contributed by atoms with van der Waals surface area (Å²) in [4.78, 5) is 38.7. The van der Waals surface area contributed by atoms with E-state index >= 15 is 0 Å². The van der Waals surface area contributed by atoms with Crippen LogP contribution >= 0.6 is 23.6 Å². The minimum Gasteiger partial charge on any atom is -0.365 e. The van der Waals surface area contributed by atoms with Crippen LogP contribution in [0.3, 0.4) is 0 Å². The van der Waals surface area contributed by atoms with Gasteiger partial charge in [-0.2, -0.15) is 5.10 Å². The lowest BCUT2D eigenvalue weighted by Crippen LogP contribution is -2.25. The number of aromatic nitrogens is 3. The van der Waals surface area contributed by atoms with Gasteiger partial charge in [-0.05, 0) is 68.9 Å². The van der Waals surface area contributed by atoms with Gasteiger partial charge in [-0.15, -0.1) is 11.3 Å². The Morgan fingerprint density at radius 3 is 2.66 bits per heavy atom. The van der Waals surface area contributed by atoms with Crippen LogP contribution < -0.4 is 16.4 Å². The lowest BCUT2D eigenvalue weighted by atomic mass is 9.95. The summed E-state index contributed by atoms with van der Waals surface area (Å²) in [6.07, 6.45) is 3.75. The highest BCUT2D eigenvalue weighted by atomic mass is 32.1. The first-order valence-electron chi connectivity index (χ1n) is 11.5. The minimum absolute atomic E-state index is 0.120. The molecule has 3 aromatic rings. The molecule has 0 aliphatic heterocycles. The molecule has 11 heteroatoms. The lowest BCUT2D eigenvalue weighted by molar-refractivity contribution is -0.116. The van der Waals surface area contributed by atoms with Crippen molar-refractivity contribution in [1.29, 1.82) is 0 Å². The standard InChI is InChI=1S/C24H28N6O3S2/c1-3-29-18(12-26-22(33)15-9-5-4-8-14(15)2)28-30(24(29)34)13-19(31)27-23-20(21(25)32)16-10-6-7-11-17(16)35-23/h4-5,8-9H,3,6-7,10-13H2,1-2H3,(H2,25,32)(H,26,33)(H,27,31). The zero-order valence-electron chi connectivity index (χ0n) is 19.7. The number of nitrogens with one attached hydrogen (secondary N) is 2. The number of rotatable bonds is 8. The van der Waals surface area contributed by atoms with Crippen molar-refractivity contribution in [3.63, 3.8) is 0 Å². The molecular weight excluding hydrogens is 484 g/mol. The second kappa shape index (κ2) is 10.5. The molecule has 9 nitrogen and oxygen atoms in total. The second-order valence-electron chi connectivity index (χ2n) is 8.43. The van der Waals surface area contributed by atoms with E-state index in [-0.39, 0.29) is 24.9 Å². The number of carbonyl (C=O) groups excluding carboxylic acids is 3. The summed E-state index contributed by atoms with van der Waals surface area (Å²) >= 11 is 6.94. The van der Waals surface area contributed by atoms with Gasteiger partial charge in [-0.3, -0.25) is 14.4 Å². The summed E-state index contributed by atoms with van der Waals surface area (Å²) in [6.45, 7) is 4.39. The van der Waals surface area contributed by atoms with Crippen LogP contribution in [0.2, 0.25) is 0 Å². The molecule has 0 saturated heterocycles. The molecule has 0 atom stereocenters. The zero-order chi connectivity index (χ0) is 25.1. The maximum absolute atomic E-state index is 12.9. The van der Waals surface area contributed by atoms with Crippen molar-refractivity contribution in [2.75, 3.05) is 5.32 Å². The highest BCUT2D eigenvalue weighted by Crippen LogP contribution is 2.37. The fourth-order valence-corrected chi connectivity index (χ4v) is 5.99. The number of amides is 3. The van der Waals surface area contributed by atoms with E-state index in [2.05, 4.69) is 15.7 Å². The molecule has 4 N–H and O–H groups in total. The number of hydrogen-bond donors (Lipinski definition) is 3. The summed E-state index contributed by atoms with van der Waals surface area (Å²) in [5.41, 5.74) is 8.48. The monoisotopic (exact) mass is 512 g/mol. The van der Waals surface area contributed by atoms with Crippen LogP contribution in [0.1, 0.15) is 62.3 Å². The molecular formula is C24H28N6O3S2. The maximum atomic E-state index is 12.9. The Morgan fingerprint density at radius 1 is 1.20 bits per heavy atom. The quantitative estimate of drug-likeness (QED) is 0.399. The number of fused-ring (bicyclic) bond motifs is 1. The fourth-order valence-electron chi connectivity index (χ4n) is 4.34. The predicted molar refractivity (Wildman–Crippen MR) is 137 cm³/mol. The SMILES string of the molecule is CCn1c(CNC(=O)c2ccccc2C)nn(CC(=O)Nc2sc3c(c2C(N)=O)CCCC3)c1=S. The number of benzene rings is 1. The lowest BCUT2D eigenvalue weighted by Gasteiger charge is -2.11. The molecule has 1 aliphatic rings. The number of nitrogens with two attached hydrogens (primary N) is 1. The Kier molecular flexibility index (Phi) is 7.46. The largest absolute Gasteiger partial charge is 0.365 e. The van der Waals surface area contributed by atoms with Crippen molar-refractivity contribution in [2.45, 2.75) is 59.2 Å². The molecule has 2 aromatic heterocycles. The van der Waals surface area contributed by atoms with Crippen molar-refractivity contribution < 1.29 is 14.4 Å². The molecule has 0 saturated carbocycles. The van der Waals surface area contributed by atoms with Crippen molar-refractivity contribution in [3.05, 3.63) is 62.0 Å². The minimum atomic E-state index is -0.529. The van der Waals surface area contributed by atoms with Gasteiger partial charge < -0.3 is 20.9 Å². The molecule has 2 heterocycles. The van der Waals surface area contributed by atoms with Crippen molar-refractivity contribution in [1.82, 2.24) is 19.7 Å². The molecule has 4 rings (SSSR count). The van der Waals surface area contributed by atoms with E-state index < -0.39 is 5.91 Å². The smallest absolute Gasteiger partial charge is 0.251 e. The van der Waals surface area contributed by atoms with Gasteiger partial charge in [0.15, 0.2) is 10.6 Å². The second-order valence-corrected chi connectivity index (χ2v) is 9.90. The average Bonchev–Trinajstić information content (AvgIpc) is 3.34. The molecule has 1 aromatic carbocycles. The van der Waals surface area contributed by atoms with Crippen LogP contribution in [0, 0.1) is 11.7 Å². The van der Waals surface area contributed by atoms with Crippen LogP contribution in [0.15, 0.2) is 24.3 Å². The maximum Gasteiger partial charge on any atom is 0.251 e. The van der Waals surface area contributed by atoms with E-state index in [4.69, 9.17) is 18.0 Å². The molecule has 184 valence electrons. The van der Waals surface area contributed by atoms with Gasteiger partial charge in [0.05, 0.1) is 12.1 Å². The Labute approximate surface area is 212 Å². The first-order valence-corrected chi connectivity index (χ1v) is 12.8. The molecule has 0 radical (unpaired) electrons. The van der Waals surface area contributed by atoms with Crippen molar-refractivity contribution >= 4 is 46.3 Å². The molecule has 0 spiro atoms. The van der Waals surface area contributed by atoms with E-state index in [1.54, 1.807) is 10.6 Å². The number of aryl methyl sites for hydroxylation is 2. The van der Waals surface area contributed by atoms with Crippen LogP contribution in [0.4, 0.5) is 5.00 Å². The van der Waals surface area contributed by atoms with Gasteiger partial charge in [0, 0.05) is 17.0 Å². The molecule has 0 fully saturated rings. The third-order valence-electron chi connectivity index (χ3n) is 6.08. The number of nitrogens with zero attached hydrogens (tertiary/aromatic N) is 3. The van der Waals surface area contributed by atoms with Crippen LogP contribution in [0.25, 0.3) is 0 Å². The number of hydrogen-bond acceptors (Lipinski definition) is 6. The first kappa shape index (κ1) is 24.8. The number of thiophene rings is 1. The van der Waals surface area contributed by atoms with Gasteiger partial charge in [-0.25, -0.2) is 4.68 Å². The molecule has 3 amide bonds. The number of carbonyl (C=O) groups is 3. The van der Waals surface area contributed by atoms with Crippen LogP contribution in [0.5, 0.6) is 0 Å². The highest BCUT2D eigenvalue weighted by Gasteiger charge is 2.25. The summed E-state index contributed by atoms with van der Waals surface area (Å²) in [7, 11) is 0. The van der Waals surface area contributed by atoms with Crippen LogP contribution in [-0.4, -0.2) is 32.1 Å². The van der Waals surface area contributed by atoms with E-state index in [0.29, 0.717) is 33.3 Å².